The van der Waals surface area contributed by atoms with E-state index >= 15 is 0 Å². The Morgan fingerprint density at radius 2 is 2.00 bits per heavy atom. The van der Waals surface area contributed by atoms with Gasteiger partial charge in [-0.25, -0.2) is 0 Å². The van der Waals surface area contributed by atoms with Crippen molar-refractivity contribution >= 4 is 17.6 Å². The summed E-state index contributed by atoms with van der Waals surface area (Å²) in [6.45, 7) is 3.54. The average molecular weight is 268 g/mol. The first-order valence-corrected chi connectivity index (χ1v) is 6.63. The number of aliphatic carboxylic acids is 1. The second-order valence-corrected chi connectivity index (χ2v) is 5.42. The van der Waals surface area contributed by atoms with Gasteiger partial charge in [0.2, 0.25) is 0 Å². The Morgan fingerprint density at radius 3 is 2.56 bits per heavy atom. The molecule has 0 aromatic heterocycles. The fourth-order valence-electron chi connectivity index (χ4n) is 2.79. The summed E-state index contributed by atoms with van der Waals surface area (Å²) in [6.07, 6.45) is 1.74. The zero-order valence-corrected chi connectivity index (χ0v) is 11.2. The fourth-order valence-corrected chi connectivity index (χ4v) is 3.12. The monoisotopic (exact) mass is 267 g/mol. The summed E-state index contributed by atoms with van der Waals surface area (Å²) in [5.74, 6) is -0.668. The van der Waals surface area contributed by atoms with E-state index in [2.05, 4.69) is 5.32 Å². The van der Waals surface area contributed by atoms with E-state index in [1.54, 1.807) is 13.0 Å². The molecule has 2 rings (SSSR count). The van der Waals surface area contributed by atoms with Crippen LogP contribution in [0.3, 0.4) is 0 Å². The molecular formula is C14H18ClNO2. The van der Waals surface area contributed by atoms with Gasteiger partial charge in [-0.3, -0.25) is 4.79 Å². The minimum Gasteiger partial charge on any atom is -0.481 e. The van der Waals surface area contributed by atoms with Crippen molar-refractivity contribution in [1.82, 2.24) is 5.32 Å². The van der Waals surface area contributed by atoms with Crippen LogP contribution in [0.5, 0.6) is 0 Å². The zero-order valence-electron chi connectivity index (χ0n) is 10.4. The van der Waals surface area contributed by atoms with Crippen LogP contribution in [-0.2, 0) is 10.2 Å². The SMILES string of the molecule is CC(C(=O)O)(c1ccccc1Cl)C1CCNCC1. The normalized spacial score (nSPS) is 20.3. The van der Waals surface area contributed by atoms with Gasteiger partial charge in [0.25, 0.3) is 0 Å². The van der Waals surface area contributed by atoms with Gasteiger partial charge >= 0.3 is 5.97 Å². The summed E-state index contributed by atoms with van der Waals surface area (Å²) in [5.41, 5.74) is -0.174. The van der Waals surface area contributed by atoms with Gasteiger partial charge in [0.15, 0.2) is 0 Å². The molecule has 1 heterocycles. The Labute approximate surface area is 112 Å². The molecule has 0 bridgehead atoms. The maximum absolute atomic E-state index is 11.8. The van der Waals surface area contributed by atoms with E-state index in [0.717, 1.165) is 31.5 Å². The third kappa shape index (κ3) is 2.25. The lowest BCUT2D eigenvalue weighted by Crippen LogP contribution is -2.45. The van der Waals surface area contributed by atoms with Crippen LogP contribution < -0.4 is 5.32 Å². The maximum Gasteiger partial charge on any atom is 0.314 e. The van der Waals surface area contributed by atoms with E-state index in [9.17, 15) is 9.90 Å². The van der Waals surface area contributed by atoms with Gasteiger partial charge in [0.1, 0.15) is 0 Å². The van der Waals surface area contributed by atoms with E-state index < -0.39 is 11.4 Å². The number of carboxylic acids is 1. The van der Waals surface area contributed by atoms with Gasteiger partial charge in [-0.05, 0) is 50.4 Å². The van der Waals surface area contributed by atoms with Crippen LogP contribution in [0.2, 0.25) is 5.02 Å². The molecule has 0 amide bonds. The number of carboxylic acid groups (broad SMARTS) is 1. The summed E-state index contributed by atoms with van der Waals surface area (Å²) < 4.78 is 0. The molecule has 1 aromatic carbocycles. The standard InChI is InChI=1S/C14H18ClNO2/c1-14(13(17)18,10-6-8-16-9-7-10)11-4-2-3-5-12(11)15/h2-5,10,16H,6-9H2,1H3,(H,17,18). The van der Waals surface area contributed by atoms with Crippen molar-refractivity contribution in [2.75, 3.05) is 13.1 Å². The van der Waals surface area contributed by atoms with Gasteiger partial charge in [0.05, 0.1) is 5.41 Å². The molecule has 1 aliphatic rings. The number of piperidine rings is 1. The first kappa shape index (κ1) is 13.4. The Bertz CT molecular complexity index is 443. The number of halogens is 1. The largest absolute Gasteiger partial charge is 0.481 e. The summed E-state index contributed by atoms with van der Waals surface area (Å²) in [6, 6.07) is 7.28. The molecule has 98 valence electrons. The van der Waals surface area contributed by atoms with E-state index in [0.29, 0.717) is 5.02 Å². The molecule has 1 fully saturated rings. The topological polar surface area (TPSA) is 49.3 Å². The highest BCUT2D eigenvalue weighted by Gasteiger charge is 2.44. The van der Waals surface area contributed by atoms with E-state index in [1.165, 1.54) is 0 Å². The summed E-state index contributed by atoms with van der Waals surface area (Å²) in [5, 5.41) is 13.5. The lowest BCUT2D eigenvalue weighted by Gasteiger charge is -2.37. The molecule has 3 nitrogen and oxygen atoms in total. The van der Waals surface area contributed by atoms with E-state index in [4.69, 9.17) is 11.6 Å². The second-order valence-electron chi connectivity index (χ2n) is 5.01. The Hall–Kier alpha value is -1.06. The minimum atomic E-state index is -0.902. The van der Waals surface area contributed by atoms with Crippen LogP contribution >= 0.6 is 11.6 Å². The van der Waals surface area contributed by atoms with Gasteiger partial charge < -0.3 is 10.4 Å². The molecule has 0 aliphatic carbocycles. The molecule has 1 aromatic rings. The summed E-state index contributed by atoms with van der Waals surface area (Å²) in [7, 11) is 0. The molecule has 0 spiro atoms. The molecule has 1 saturated heterocycles. The number of hydrogen-bond acceptors (Lipinski definition) is 2. The zero-order chi connectivity index (χ0) is 13.2. The van der Waals surface area contributed by atoms with Crippen molar-refractivity contribution in [3.63, 3.8) is 0 Å². The van der Waals surface area contributed by atoms with Gasteiger partial charge in [0, 0.05) is 5.02 Å². The van der Waals surface area contributed by atoms with Crippen LogP contribution in [0.4, 0.5) is 0 Å². The smallest absolute Gasteiger partial charge is 0.314 e. The quantitative estimate of drug-likeness (QED) is 0.885. The van der Waals surface area contributed by atoms with E-state index in [1.807, 2.05) is 18.2 Å². The molecule has 18 heavy (non-hydrogen) atoms. The molecule has 1 aliphatic heterocycles. The van der Waals surface area contributed by atoms with Gasteiger partial charge in [-0.15, -0.1) is 0 Å². The van der Waals surface area contributed by atoms with Crippen LogP contribution in [-0.4, -0.2) is 24.2 Å². The first-order chi connectivity index (χ1) is 8.56. The predicted molar refractivity (Wildman–Crippen MR) is 72.0 cm³/mol. The van der Waals surface area contributed by atoms with Crippen molar-refractivity contribution in [3.05, 3.63) is 34.9 Å². The van der Waals surface area contributed by atoms with Gasteiger partial charge in [-0.2, -0.15) is 0 Å². The highest BCUT2D eigenvalue weighted by molar-refractivity contribution is 6.31. The summed E-state index contributed by atoms with van der Waals surface area (Å²) >= 11 is 6.19. The van der Waals surface area contributed by atoms with Crippen molar-refractivity contribution in [2.45, 2.75) is 25.2 Å². The molecule has 1 unspecified atom stereocenters. The van der Waals surface area contributed by atoms with Crippen molar-refractivity contribution < 1.29 is 9.90 Å². The van der Waals surface area contributed by atoms with Crippen molar-refractivity contribution in [1.29, 1.82) is 0 Å². The molecule has 1 atom stereocenters. The minimum absolute atomic E-state index is 0.121. The molecular weight excluding hydrogens is 250 g/mol. The highest BCUT2D eigenvalue weighted by atomic mass is 35.5. The van der Waals surface area contributed by atoms with Crippen LogP contribution in [0.15, 0.2) is 24.3 Å². The Kier molecular flexibility index (Phi) is 3.93. The predicted octanol–water partition coefficient (Wildman–Crippen LogP) is 2.68. The Balaban J connectivity index is 2.43. The van der Waals surface area contributed by atoms with Crippen molar-refractivity contribution in [3.8, 4) is 0 Å². The van der Waals surface area contributed by atoms with Crippen LogP contribution in [0.25, 0.3) is 0 Å². The lowest BCUT2D eigenvalue weighted by atomic mass is 9.68. The number of rotatable bonds is 3. The average Bonchev–Trinajstić information content (AvgIpc) is 2.39. The van der Waals surface area contributed by atoms with E-state index in [-0.39, 0.29) is 5.92 Å². The van der Waals surface area contributed by atoms with Crippen molar-refractivity contribution in [2.24, 2.45) is 5.92 Å². The highest BCUT2D eigenvalue weighted by Crippen LogP contribution is 2.40. The van der Waals surface area contributed by atoms with Crippen LogP contribution in [0, 0.1) is 5.92 Å². The number of carbonyl (C=O) groups is 1. The van der Waals surface area contributed by atoms with Gasteiger partial charge in [-0.1, -0.05) is 29.8 Å². The van der Waals surface area contributed by atoms with Crippen LogP contribution in [0.1, 0.15) is 25.3 Å². The number of hydrogen-bond donors (Lipinski definition) is 2. The first-order valence-electron chi connectivity index (χ1n) is 6.26. The summed E-state index contributed by atoms with van der Waals surface area (Å²) in [4.78, 5) is 11.8. The Morgan fingerprint density at radius 1 is 1.39 bits per heavy atom. The second kappa shape index (κ2) is 5.29. The fraction of sp³-hybridized carbons (Fsp3) is 0.500. The third-order valence-corrected chi connectivity index (χ3v) is 4.36. The molecule has 4 heteroatoms. The molecule has 2 N–H and O–H groups in total. The molecule has 0 saturated carbocycles. The number of nitrogens with one attached hydrogen (secondary N) is 1. The third-order valence-electron chi connectivity index (χ3n) is 4.03. The molecule has 0 radical (unpaired) electrons. The lowest BCUT2D eigenvalue weighted by molar-refractivity contribution is -0.146. The maximum atomic E-state index is 11.8. The number of benzene rings is 1.